The molecule has 1 aliphatic heterocycles. The van der Waals surface area contributed by atoms with Crippen LogP contribution in [0.4, 0.5) is 0 Å². The minimum Gasteiger partial charge on any atom is -0.348 e. The molecule has 1 fully saturated rings. The Hall–Kier alpha value is -3.20. The molecule has 2 N–H and O–H groups in total. The van der Waals surface area contributed by atoms with Crippen LogP contribution in [0.2, 0.25) is 5.02 Å². The Morgan fingerprint density at radius 3 is 2.62 bits per heavy atom. The van der Waals surface area contributed by atoms with Crippen LogP contribution in [-0.4, -0.2) is 35.1 Å². The van der Waals surface area contributed by atoms with E-state index in [0.29, 0.717) is 47.0 Å². The van der Waals surface area contributed by atoms with Gasteiger partial charge in [0.25, 0.3) is 5.91 Å². The van der Waals surface area contributed by atoms with Gasteiger partial charge in [0.1, 0.15) is 5.82 Å². The van der Waals surface area contributed by atoms with Crippen LogP contribution in [0.3, 0.4) is 0 Å². The van der Waals surface area contributed by atoms with E-state index >= 15 is 0 Å². The van der Waals surface area contributed by atoms with E-state index in [4.69, 9.17) is 11.6 Å². The molecule has 34 heavy (non-hydrogen) atoms. The molecule has 7 nitrogen and oxygen atoms in total. The second kappa shape index (κ2) is 9.21. The fourth-order valence-electron chi connectivity index (χ4n) is 4.25. The maximum absolute atomic E-state index is 13.3. The summed E-state index contributed by atoms with van der Waals surface area (Å²) in [7, 11) is -3.69. The van der Waals surface area contributed by atoms with Crippen LogP contribution in [0.15, 0.2) is 77.7 Å². The van der Waals surface area contributed by atoms with Crippen molar-refractivity contribution >= 4 is 38.6 Å². The number of aromatic amines is 1. The van der Waals surface area contributed by atoms with Gasteiger partial charge in [-0.3, -0.25) is 4.79 Å². The molecule has 0 radical (unpaired) electrons. The Morgan fingerprint density at radius 2 is 1.85 bits per heavy atom. The highest BCUT2D eigenvalue weighted by Crippen LogP contribution is 2.36. The van der Waals surface area contributed by atoms with Crippen LogP contribution in [0, 0.1) is 0 Å². The van der Waals surface area contributed by atoms with E-state index in [-0.39, 0.29) is 10.8 Å². The summed E-state index contributed by atoms with van der Waals surface area (Å²) in [6.45, 7) is 0.853. The van der Waals surface area contributed by atoms with E-state index in [1.54, 1.807) is 30.3 Å². The summed E-state index contributed by atoms with van der Waals surface area (Å²) in [6, 6.07) is 20.7. The third-order valence-electron chi connectivity index (χ3n) is 6.00. The monoisotopic (exact) mass is 494 g/mol. The Balaban J connectivity index is 1.37. The second-order valence-electron chi connectivity index (χ2n) is 8.25. The summed E-state index contributed by atoms with van der Waals surface area (Å²) in [4.78, 5) is 20.7. The third kappa shape index (κ3) is 4.44. The van der Waals surface area contributed by atoms with Crippen molar-refractivity contribution in [2.24, 2.45) is 0 Å². The Morgan fingerprint density at radius 1 is 1.09 bits per heavy atom. The molecule has 4 aromatic rings. The number of benzene rings is 3. The number of rotatable bonds is 6. The molecule has 1 saturated heterocycles. The van der Waals surface area contributed by atoms with Crippen molar-refractivity contribution in [1.82, 2.24) is 19.6 Å². The smallest absolute Gasteiger partial charge is 0.251 e. The molecule has 1 atom stereocenters. The van der Waals surface area contributed by atoms with Crippen molar-refractivity contribution in [2.45, 2.75) is 30.3 Å². The van der Waals surface area contributed by atoms with E-state index in [1.165, 1.54) is 16.4 Å². The largest absolute Gasteiger partial charge is 0.348 e. The van der Waals surface area contributed by atoms with E-state index in [1.807, 2.05) is 30.3 Å². The lowest BCUT2D eigenvalue weighted by molar-refractivity contribution is 0.0951. The van der Waals surface area contributed by atoms with Crippen LogP contribution < -0.4 is 5.32 Å². The van der Waals surface area contributed by atoms with Crippen molar-refractivity contribution < 1.29 is 13.2 Å². The number of hydrogen-bond donors (Lipinski definition) is 2. The van der Waals surface area contributed by atoms with Gasteiger partial charge >= 0.3 is 0 Å². The molecule has 174 valence electrons. The van der Waals surface area contributed by atoms with Crippen LogP contribution in [0.25, 0.3) is 11.0 Å². The lowest BCUT2D eigenvalue weighted by atomic mass is 10.1. The number of nitrogens with one attached hydrogen (secondary N) is 2. The number of halogens is 1. The second-order valence-corrected chi connectivity index (χ2v) is 10.6. The number of carbonyl (C=O) groups excluding carboxylic acids is 1. The van der Waals surface area contributed by atoms with Gasteiger partial charge < -0.3 is 10.3 Å². The van der Waals surface area contributed by atoms with Gasteiger partial charge in [0.15, 0.2) is 0 Å². The first-order valence-electron chi connectivity index (χ1n) is 11.0. The fraction of sp³-hybridized carbons (Fsp3) is 0.200. The van der Waals surface area contributed by atoms with Gasteiger partial charge in [-0.1, -0.05) is 41.9 Å². The highest BCUT2D eigenvalue weighted by Gasteiger charge is 2.37. The normalized spacial score (nSPS) is 16.7. The highest BCUT2D eigenvalue weighted by atomic mass is 35.5. The van der Waals surface area contributed by atoms with Crippen molar-refractivity contribution in [2.75, 3.05) is 6.54 Å². The van der Waals surface area contributed by atoms with Gasteiger partial charge in [0.2, 0.25) is 10.0 Å². The third-order valence-corrected chi connectivity index (χ3v) is 8.17. The molecule has 1 unspecified atom stereocenters. The van der Waals surface area contributed by atoms with Gasteiger partial charge in [-0.05, 0) is 60.9 Å². The lowest BCUT2D eigenvalue weighted by Crippen LogP contribution is -2.31. The molecule has 1 aromatic heterocycles. The molecule has 1 amide bonds. The number of imidazole rings is 1. The Bertz CT molecular complexity index is 1440. The summed E-state index contributed by atoms with van der Waals surface area (Å²) in [5, 5.41) is 3.40. The number of carbonyl (C=O) groups is 1. The van der Waals surface area contributed by atoms with E-state index in [2.05, 4.69) is 15.3 Å². The zero-order chi connectivity index (χ0) is 23.7. The SMILES string of the molecule is O=C(NCc1ccccc1)c1ccc2nc(C3CCCN3S(=O)(=O)c3ccc(Cl)cc3)[nH]c2c1. The van der Waals surface area contributed by atoms with Gasteiger partial charge in [-0.2, -0.15) is 4.31 Å². The topological polar surface area (TPSA) is 95.2 Å². The minimum absolute atomic E-state index is 0.185. The molecule has 0 saturated carbocycles. The van der Waals surface area contributed by atoms with Crippen molar-refractivity contribution in [3.05, 3.63) is 94.8 Å². The molecule has 2 heterocycles. The van der Waals surface area contributed by atoms with Crippen molar-refractivity contribution in [3.63, 3.8) is 0 Å². The zero-order valence-corrected chi connectivity index (χ0v) is 19.8. The molecule has 0 bridgehead atoms. The molecule has 1 aliphatic rings. The Labute approximate surface area is 202 Å². The maximum Gasteiger partial charge on any atom is 0.251 e. The lowest BCUT2D eigenvalue weighted by Gasteiger charge is -2.22. The molecular weight excluding hydrogens is 472 g/mol. The van der Waals surface area contributed by atoms with E-state index in [9.17, 15) is 13.2 Å². The summed E-state index contributed by atoms with van der Waals surface area (Å²) in [5.41, 5.74) is 2.91. The van der Waals surface area contributed by atoms with Crippen LogP contribution in [0.5, 0.6) is 0 Å². The highest BCUT2D eigenvalue weighted by molar-refractivity contribution is 7.89. The molecular formula is C25H23ClN4O3S. The minimum atomic E-state index is -3.69. The summed E-state index contributed by atoms with van der Waals surface area (Å²) in [6.07, 6.45) is 1.40. The summed E-state index contributed by atoms with van der Waals surface area (Å²) < 4.78 is 28.0. The van der Waals surface area contributed by atoms with Gasteiger partial charge in [-0.25, -0.2) is 13.4 Å². The number of nitrogens with zero attached hydrogens (tertiary/aromatic N) is 2. The standard InChI is InChI=1S/C25H23ClN4O3S/c26-19-9-11-20(12-10-19)34(32,33)30-14-4-7-23(30)24-28-21-13-8-18(15-22(21)29-24)25(31)27-16-17-5-2-1-3-6-17/h1-3,5-6,8-13,15,23H,4,7,14,16H2,(H,27,31)(H,28,29). The number of fused-ring (bicyclic) bond motifs is 1. The zero-order valence-electron chi connectivity index (χ0n) is 18.2. The molecule has 9 heteroatoms. The number of H-pyrrole nitrogens is 1. The average Bonchev–Trinajstić information content (AvgIpc) is 3.50. The van der Waals surface area contributed by atoms with Crippen molar-refractivity contribution in [3.8, 4) is 0 Å². The Kier molecular flexibility index (Phi) is 6.12. The maximum atomic E-state index is 13.3. The summed E-state index contributed by atoms with van der Waals surface area (Å²) in [5.74, 6) is 0.390. The van der Waals surface area contributed by atoms with Crippen LogP contribution in [0.1, 0.15) is 40.6 Å². The molecule has 5 rings (SSSR count). The molecule has 0 spiro atoms. The summed E-state index contributed by atoms with van der Waals surface area (Å²) >= 11 is 5.93. The van der Waals surface area contributed by atoms with E-state index < -0.39 is 16.1 Å². The number of hydrogen-bond acceptors (Lipinski definition) is 4. The molecule has 0 aliphatic carbocycles. The number of sulfonamides is 1. The average molecular weight is 495 g/mol. The first kappa shape index (κ1) is 22.6. The predicted molar refractivity (Wildman–Crippen MR) is 131 cm³/mol. The predicted octanol–water partition coefficient (Wildman–Crippen LogP) is 4.67. The quantitative estimate of drug-likeness (QED) is 0.407. The first-order valence-corrected chi connectivity index (χ1v) is 12.8. The number of aromatic nitrogens is 2. The van der Waals surface area contributed by atoms with Gasteiger partial charge in [0.05, 0.1) is 22.0 Å². The van der Waals surface area contributed by atoms with Crippen LogP contribution in [-0.2, 0) is 16.6 Å². The fourth-order valence-corrected chi connectivity index (χ4v) is 6.04. The van der Waals surface area contributed by atoms with Gasteiger partial charge in [-0.15, -0.1) is 0 Å². The van der Waals surface area contributed by atoms with Gasteiger partial charge in [0, 0.05) is 23.7 Å². The van der Waals surface area contributed by atoms with Crippen LogP contribution >= 0.6 is 11.6 Å². The van der Waals surface area contributed by atoms with Crippen molar-refractivity contribution in [1.29, 1.82) is 0 Å². The number of amides is 1. The first-order chi connectivity index (χ1) is 16.4. The van der Waals surface area contributed by atoms with E-state index in [0.717, 1.165) is 12.0 Å². The molecule has 3 aromatic carbocycles.